The first-order chi connectivity index (χ1) is 13.7. The number of imidazole rings is 1. The molecule has 10 heteroatoms. The molecule has 29 heavy (non-hydrogen) atoms. The molecule has 1 aliphatic heterocycles. The smallest absolute Gasteiger partial charge is 0.303 e. The molecule has 0 N–H and O–H groups in total. The van der Waals surface area contributed by atoms with E-state index in [1.165, 1.54) is 32.5 Å². The maximum Gasteiger partial charge on any atom is 0.303 e. The summed E-state index contributed by atoms with van der Waals surface area (Å²) in [7, 11) is 0. The normalized spacial score (nSPS) is 26.6. The fraction of sp³-hybridized carbons (Fsp3) is 0.474. The molecule has 3 rings (SSSR count). The van der Waals surface area contributed by atoms with Crippen molar-refractivity contribution in [2.75, 3.05) is 5.75 Å². The molecule has 0 aromatic carbocycles. The topological polar surface area (TPSA) is 105 Å². The minimum absolute atomic E-state index is 0.288. The van der Waals surface area contributed by atoms with Gasteiger partial charge in [0.2, 0.25) is 0 Å². The molecule has 2 aromatic rings. The van der Waals surface area contributed by atoms with Crippen LogP contribution in [0.25, 0.3) is 5.65 Å². The van der Waals surface area contributed by atoms with Gasteiger partial charge in [0.25, 0.3) is 0 Å². The number of hydrogen-bond donors (Lipinski definition) is 0. The maximum absolute atomic E-state index is 11.9. The van der Waals surface area contributed by atoms with Gasteiger partial charge in [-0.15, -0.1) is 11.8 Å². The van der Waals surface area contributed by atoms with E-state index in [2.05, 4.69) is 4.98 Å². The van der Waals surface area contributed by atoms with Crippen molar-refractivity contribution in [1.82, 2.24) is 9.38 Å². The maximum atomic E-state index is 11.9. The molecule has 0 bridgehead atoms. The quantitative estimate of drug-likeness (QED) is 0.528. The van der Waals surface area contributed by atoms with E-state index in [1.54, 1.807) is 35.9 Å². The highest BCUT2D eigenvalue weighted by atomic mass is 32.2. The fourth-order valence-corrected chi connectivity index (χ4v) is 4.61. The van der Waals surface area contributed by atoms with Gasteiger partial charge < -0.3 is 23.3 Å². The van der Waals surface area contributed by atoms with Crippen LogP contribution in [-0.4, -0.2) is 56.3 Å². The zero-order valence-corrected chi connectivity index (χ0v) is 17.3. The molecule has 2 aromatic heterocycles. The standard InChI is InChI=1S/C19H22N2O7S/c1-11(22)25-15-10-29-18(19(4,28-13(3)24)16(15)26-12(2)23)27-14-6-5-8-21-9-7-20-17(14)21/h5-9,15-16,18H,10H2,1-4H3/t15-,16+,18-,19-/m1/s1. The van der Waals surface area contributed by atoms with Gasteiger partial charge in [0, 0.05) is 45.1 Å². The molecular formula is C19H22N2O7S. The summed E-state index contributed by atoms with van der Waals surface area (Å²) in [6.45, 7) is 5.35. The molecule has 0 amide bonds. The Morgan fingerprint density at radius 3 is 2.52 bits per heavy atom. The van der Waals surface area contributed by atoms with E-state index in [-0.39, 0.29) is 5.75 Å². The summed E-state index contributed by atoms with van der Waals surface area (Å²) in [5.74, 6) is -0.940. The van der Waals surface area contributed by atoms with Crippen LogP contribution in [0.5, 0.6) is 5.75 Å². The number of rotatable bonds is 5. The van der Waals surface area contributed by atoms with Crippen molar-refractivity contribution < 1.29 is 33.3 Å². The molecule has 0 unspecified atom stereocenters. The van der Waals surface area contributed by atoms with E-state index in [4.69, 9.17) is 18.9 Å². The lowest BCUT2D eigenvalue weighted by atomic mass is 9.94. The Bertz CT molecular complexity index is 930. The van der Waals surface area contributed by atoms with Crippen molar-refractivity contribution in [3.63, 3.8) is 0 Å². The lowest BCUT2D eigenvalue weighted by Crippen LogP contribution is -2.63. The molecule has 3 heterocycles. The first-order valence-corrected chi connectivity index (χ1v) is 9.99. The van der Waals surface area contributed by atoms with Crippen LogP contribution >= 0.6 is 11.8 Å². The van der Waals surface area contributed by atoms with E-state index in [9.17, 15) is 14.4 Å². The van der Waals surface area contributed by atoms with Gasteiger partial charge in [-0.25, -0.2) is 4.98 Å². The SMILES string of the molecule is CC(=O)O[C@@H]1CS[C@@H](Oc2cccn3ccnc23)[C@](C)(OC(C)=O)[C@H]1OC(C)=O. The van der Waals surface area contributed by atoms with E-state index in [0.717, 1.165) is 0 Å². The van der Waals surface area contributed by atoms with E-state index < -0.39 is 41.2 Å². The lowest BCUT2D eigenvalue weighted by molar-refractivity contribution is -0.208. The second kappa shape index (κ2) is 8.32. The van der Waals surface area contributed by atoms with Gasteiger partial charge in [-0.3, -0.25) is 14.4 Å². The number of ether oxygens (including phenoxy) is 4. The molecule has 1 fully saturated rings. The number of fused-ring (bicyclic) bond motifs is 1. The van der Waals surface area contributed by atoms with Crippen LogP contribution < -0.4 is 4.74 Å². The number of hydrogen-bond acceptors (Lipinski definition) is 9. The summed E-state index contributed by atoms with van der Waals surface area (Å²) in [4.78, 5) is 39.5. The highest BCUT2D eigenvalue weighted by Gasteiger charge is 2.57. The highest BCUT2D eigenvalue weighted by Crippen LogP contribution is 2.42. The highest BCUT2D eigenvalue weighted by molar-refractivity contribution is 7.99. The third kappa shape index (κ3) is 4.47. The molecule has 156 valence electrons. The summed E-state index contributed by atoms with van der Waals surface area (Å²) in [6, 6.07) is 3.54. The minimum Gasteiger partial charge on any atom is -0.471 e. The minimum atomic E-state index is -1.42. The number of thioether (sulfide) groups is 1. The molecular weight excluding hydrogens is 400 g/mol. The third-order valence-corrected chi connectivity index (χ3v) is 5.76. The largest absolute Gasteiger partial charge is 0.471 e. The van der Waals surface area contributed by atoms with Gasteiger partial charge in [-0.1, -0.05) is 0 Å². The summed E-state index contributed by atoms with van der Waals surface area (Å²) in [5.41, 5.74) is -1.57. The first-order valence-electron chi connectivity index (χ1n) is 8.94. The van der Waals surface area contributed by atoms with Gasteiger partial charge >= 0.3 is 17.9 Å². The van der Waals surface area contributed by atoms with Crippen molar-refractivity contribution in [2.45, 2.75) is 50.9 Å². The monoisotopic (exact) mass is 422 g/mol. The van der Waals surface area contributed by atoms with Crippen LogP contribution in [-0.2, 0) is 28.6 Å². The molecule has 1 saturated heterocycles. The van der Waals surface area contributed by atoms with Crippen LogP contribution in [0.15, 0.2) is 30.7 Å². The van der Waals surface area contributed by atoms with E-state index >= 15 is 0 Å². The third-order valence-electron chi connectivity index (χ3n) is 4.37. The van der Waals surface area contributed by atoms with Crippen molar-refractivity contribution in [3.05, 3.63) is 30.7 Å². The van der Waals surface area contributed by atoms with Crippen molar-refractivity contribution in [2.24, 2.45) is 0 Å². The average molecular weight is 422 g/mol. The number of carbonyl (C=O) groups excluding carboxylic acids is 3. The average Bonchev–Trinajstić information content (AvgIpc) is 3.09. The number of carbonyl (C=O) groups is 3. The second-order valence-electron chi connectivity index (χ2n) is 6.77. The number of nitrogens with zero attached hydrogens (tertiary/aromatic N) is 2. The predicted octanol–water partition coefficient (Wildman–Crippen LogP) is 1.97. The number of aromatic nitrogens is 2. The zero-order chi connectivity index (χ0) is 21.2. The number of esters is 3. The van der Waals surface area contributed by atoms with Crippen LogP contribution in [0.4, 0.5) is 0 Å². The summed E-state index contributed by atoms with van der Waals surface area (Å²) >= 11 is 1.29. The Hall–Kier alpha value is -2.75. The van der Waals surface area contributed by atoms with Gasteiger partial charge in [0.1, 0.15) is 0 Å². The van der Waals surface area contributed by atoms with Crippen LogP contribution in [0, 0.1) is 0 Å². The molecule has 0 spiro atoms. The van der Waals surface area contributed by atoms with E-state index in [0.29, 0.717) is 11.4 Å². The zero-order valence-electron chi connectivity index (χ0n) is 16.5. The Balaban J connectivity index is 1.98. The fourth-order valence-electron chi connectivity index (χ4n) is 3.32. The first kappa shape index (κ1) is 21.0. The Morgan fingerprint density at radius 1 is 1.14 bits per heavy atom. The van der Waals surface area contributed by atoms with Crippen molar-refractivity contribution in [1.29, 1.82) is 0 Å². The van der Waals surface area contributed by atoms with Crippen LogP contribution in [0.3, 0.4) is 0 Å². The summed E-state index contributed by atoms with van der Waals surface area (Å²) in [5, 5.41) is 0. The van der Waals surface area contributed by atoms with Crippen LogP contribution in [0.1, 0.15) is 27.7 Å². The Morgan fingerprint density at radius 2 is 1.86 bits per heavy atom. The Kier molecular flexibility index (Phi) is 6.02. The summed E-state index contributed by atoms with van der Waals surface area (Å²) in [6.07, 6.45) is 3.40. The van der Waals surface area contributed by atoms with Gasteiger partial charge in [0.05, 0.1) is 0 Å². The number of pyridine rings is 1. The molecule has 0 saturated carbocycles. The molecule has 9 nitrogen and oxygen atoms in total. The van der Waals surface area contributed by atoms with Crippen molar-refractivity contribution in [3.8, 4) is 5.75 Å². The summed E-state index contributed by atoms with van der Waals surface area (Å²) < 4.78 is 24.4. The predicted molar refractivity (Wildman–Crippen MR) is 103 cm³/mol. The van der Waals surface area contributed by atoms with Gasteiger partial charge in [-0.2, -0.15) is 0 Å². The lowest BCUT2D eigenvalue weighted by Gasteiger charge is -2.46. The van der Waals surface area contributed by atoms with E-state index in [1.807, 2.05) is 6.20 Å². The van der Waals surface area contributed by atoms with Crippen molar-refractivity contribution >= 4 is 35.3 Å². The molecule has 1 aliphatic rings. The molecule has 0 aliphatic carbocycles. The van der Waals surface area contributed by atoms with Gasteiger partial charge in [-0.05, 0) is 19.1 Å². The Labute approximate surface area is 171 Å². The molecule has 4 atom stereocenters. The van der Waals surface area contributed by atoms with Crippen LogP contribution in [0.2, 0.25) is 0 Å². The second-order valence-corrected chi connectivity index (χ2v) is 7.86. The van der Waals surface area contributed by atoms with Gasteiger partial charge in [0.15, 0.2) is 34.6 Å². The molecule has 0 radical (unpaired) electrons.